The molecule has 0 unspecified atom stereocenters. The van der Waals surface area contributed by atoms with Crippen molar-refractivity contribution >= 4 is 38.9 Å². The Morgan fingerprint density at radius 3 is 2.58 bits per heavy atom. The number of benzene rings is 1. The lowest BCUT2D eigenvalue weighted by Crippen LogP contribution is -2.40. The molecule has 1 saturated heterocycles. The summed E-state index contributed by atoms with van der Waals surface area (Å²) >= 11 is 1.17. The van der Waals surface area contributed by atoms with Gasteiger partial charge in [-0.3, -0.25) is 9.59 Å². The first-order chi connectivity index (χ1) is 14.9. The van der Waals surface area contributed by atoms with E-state index < -0.39 is 34.4 Å². The van der Waals surface area contributed by atoms with Crippen molar-refractivity contribution in [2.75, 3.05) is 38.2 Å². The summed E-state index contributed by atoms with van der Waals surface area (Å²) < 4.78 is 42.8. The average molecular weight is 467 g/mol. The SMILES string of the molecule is O=C(COC(=O)C1CCN(S(=O)(=O)c2cccs2)CC1)Nc1ccc2c(c1)OCCO2. The highest BCUT2D eigenvalue weighted by molar-refractivity contribution is 7.91. The minimum Gasteiger partial charge on any atom is -0.486 e. The molecule has 3 heterocycles. The predicted octanol–water partition coefficient (Wildman–Crippen LogP) is 2.10. The fourth-order valence-corrected chi connectivity index (χ4v) is 6.06. The molecule has 0 spiro atoms. The Labute approximate surface area is 184 Å². The molecular formula is C20H22N2O7S2. The normalized spacial score (nSPS) is 17.2. The number of anilines is 1. The summed E-state index contributed by atoms with van der Waals surface area (Å²) in [6, 6.07) is 8.29. The third-order valence-corrected chi connectivity index (χ3v) is 8.32. The molecule has 31 heavy (non-hydrogen) atoms. The van der Waals surface area contributed by atoms with Gasteiger partial charge in [0.25, 0.3) is 15.9 Å². The number of amides is 1. The standard InChI is InChI=1S/C20H22N2O7S2/c23-18(21-15-3-4-16-17(12-15)28-10-9-27-16)13-29-20(24)14-5-7-22(8-6-14)31(25,26)19-2-1-11-30-19/h1-4,11-12,14H,5-10,13H2,(H,21,23). The van der Waals surface area contributed by atoms with Crippen molar-refractivity contribution in [1.82, 2.24) is 4.31 Å². The molecule has 0 radical (unpaired) electrons. The van der Waals surface area contributed by atoms with Gasteiger partial charge >= 0.3 is 5.97 Å². The van der Waals surface area contributed by atoms with Crippen LogP contribution < -0.4 is 14.8 Å². The topological polar surface area (TPSA) is 111 Å². The average Bonchev–Trinajstić information content (AvgIpc) is 3.33. The zero-order chi connectivity index (χ0) is 21.8. The quantitative estimate of drug-likeness (QED) is 0.649. The second-order valence-electron chi connectivity index (χ2n) is 7.12. The Balaban J connectivity index is 1.24. The van der Waals surface area contributed by atoms with E-state index in [0.717, 1.165) is 0 Å². The summed E-state index contributed by atoms with van der Waals surface area (Å²) in [4.78, 5) is 24.5. The van der Waals surface area contributed by atoms with Gasteiger partial charge in [0.15, 0.2) is 18.1 Å². The number of sulfonamides is 1. The molecule has 0 aliphatic carbocycles. The molecule has 2 aliphatic heterocycles. The van der Waals surface area contributed by atoms with Crippen LogP contribution in [0.15, 0.2) is 39.9 Å². The number of hydrogen-bond acceptors (Lipinski definition) is 8. The number of fused-ring (bicyclic) bond motifs is 1. The lowest BCUT2D eigenvalue weighted by atomic mass is 9.98. The number of piperidine rings is 1. The second kappa shape index (κ2) is 9.25. The van der Waals surface area contributed by atoms with Gasteiger partial charge in [0.2, 0.25) is 0 Å². The summed E-state index contributed by atoms with van der Waals surface area (Å²) in [5.41, 5.74) is 0.511. The molecule has 11 heteroatoms. The molecule has 2 aliphatic rings. The molecule has 1 amide bonds. The zero-order valence-electron chi connectivity index (χ0n) is 16.6. The largest absolute Gasteiger partial charge is 0.486 e. The molecule has 4 rings (SSSR count). The Kier molecular flexibility index (Phi) is 6.44. The van der Waals surface area contributed by atoms with Crippen LogP contribution in [0.3, 0.4) is 0 Å². The van der Waals surface area contributed by atoms with Crippen LogP contribution in [-0.2, 0) is 24.3 Å². The van der Waals surface area contributed by atoms with Crippen LogP contribution >= 0.6 is 11.3 Å². The van der Waals surface area contributed by atoms with Gasteiger partial charge in [-0.2, -0.15) is 4.31 Å². The fourth-order valence-electron chi connectivity index (χ4n) is 3.44. The first kappa shape index (κ1) is 21.6. The van der Waals surface area contributed by atoms with Crippen LogP contribution in [-0.4, -0.2) is 57.5 Å². The fraction of sp³-hybridized carbons (Fsp3) is 0.400. The Morgan fingerprint density at radius 1 is 1.13 bits per heavy atom. The predicted molar refractivity (Wildman–Crippen MR) is 113 cm³/mol. The van der Waals surface area contributed by atoms with E-state index in [4.69, 9.17) is 14.2 Å². The third-order valence-electron chi connectivity index (χ3n) is 5.05. The van der Waals surface area contributed by atoms with Gasteiger partial charge in [-0.15, -0.1) is 11.3 Å². The van der Waals surface area contributed by atoms with Crippen LogP contribution in [0, 0.1) is 5.92 Å². The summed E-state index contributed by atoms with van der Waals surface area (Å²) in [6.45, 7) is 0.983. The summed E-state index contributed by atoms with van der Waals surface area (Å²) in [6.07, 6.45) is 0.709. The van der Waals surface area contributed by atoms with E-state index in [2.05, 4.69) is 5.32 Å². The highest BCUT2D eigenvalue weighted by Gasteiger charge is 2.33. The summed E-state index contributed by atoms with van der Waals surface area (Å²) in [7, 11) is -3.52. The van der Waals surface area contributed by atoms with Gasteiger partial charge in [0, 0.05) is 24.8 Å². The summed E-state index contributed by atoms with van der Waals surface area (Å²) in [5.74, 6) is -0.237. The third kappa shape index (κ3) is 5.00. The first-order valence-corrected chi connectivity index (χ1v) is 12.2. The van der Waals surface area contributed by atoms with E-state index in [-0.39, 0.29) is 13.1 Å². The van der Waals surface area contributed by atoms with Crippen LogP contribution in [0.2, 0.25) is 0 Å². The summed E-state index contributed by atoms with van der Waals surface area (Å²) in [5, 5.41) is 4.37. The van der Waals surface area contributed by atoms with Crippen molar-refractivity contribution in [2.45, 2.75) is 17.1 Å². The van der Waals surface area contributed by atoms with Gasteiger partial charge in [-0.1, -0.05) is 6.07 Å². The monoisotopic (exact) mass is 466 g/mol. The van der Waals surface area contributed by atoms with Crippen molar-refractivity contribution in [2.24, 2.45) is 5.92 Å². The molecule has 0 bridgehead atoms. The lowest BCUT2D eigenvalue weighted by molar-refractivity contribution is -0.152. The van der Waals surface area contributed by atoms with E-state index in [0.29, 0.717) is 47.5 Å². The van der Waals surface area contributed by atoms with Crippen LogP contribution in [0.25, 0.3) is 0 Å². The number of thiophene rings is 1. The van der Waals surface area contributed by atoms with E-state index in [1.54, 1.807) is 35.7 Å². The molecule has 166 valence electrons. The van der Waals surface area contributed by atoms with E-state index >= 15 is 0 Å². The van der Waals surface area contributed by atoms with Crippen LogP contribution in [0.5, 0.6) is 11.5 Å². The Morgan fingerprint density at radius 2 is 1.87 bits per heavy atom. The number of rotatable bonds is 6. The van der Waals surface area contributed by atoms with Gasteiger partial charge in [-0.05, 0) is 36.4 Å². The van der Waals surface area contributed by atoms with Gasteiger partial charge in [-0.25, -0.2) is 8.42 Å². The van der Waals surface area contributed by atoms with E-state index in [1.165, 1.54) is 15.6 Å². The Hall–Kier alpha value is -2.63. The molecule has 1 N–H and O–H groups in total. The molecule has 1 aromatic heterocycles. The Bertz CT molecular complexity index is 1050. The van der Waals surface area contributed by atoms with Crippen molar-refractivity contribution in [3.05, 3.63) is 35.7 Å². The maximum absolute atomic E-state index is 12.6. The molecular weight excluding hydrogens is 444 g/mol. The van der Waals surface area contributed by atoms with E-state index in [9.17, 15) is 18.0 Å². The number of carbonyl (C=O) groups excluding carboxylic acids is 2. The lowest BCUT2D eigenvalue weighted by Gasteiger charge is -2.29. The van der Waals surface area contributed by atoms with Crippen LogP contribution in [0.4, 0.5) is 5.69 Å². The maximum atomic E-state index is 12.6. The maximum Gasteiger partial charge on any atom is 0.309 e. The number of nitrogens with one attached hydrogen (secondary N) is 1. The molecule has 2 aromatic rings. The van der Waals surface area contributed by atoms with E-state index in [1.807, 2.05) is 0 Å². The van der Waals surface area contributed by atoms with Crippen molar-refractivity contribution < 1.29 is 32.2 Å². The smallest absolute Gasteiger partial charge is 0.309 e. The number of carbonyl (C=O) groups is 2. The minimum absolute atomic E-state index is 0.239. The van der Waals surface area contributed by atoms with Crippen molar-refractivity contribution in [1.29, 1.82) is 0 Å². The van der Waals surface area contributed by atoms with Gasteiger partial charge < -0.3 is 19.5 Å². The highest BCUT2D eigenvalue weighted by Crippen LogP contribution is 2.32. The van der Waals surface area contributed by atoms with Gasteiger partial charge in [0.05, 0.1) is 5.92 Å². The van der Waals surface area contributed by atoms with Crippen molar-refractivity contribution in [3.63, 3.8) is 0 Å². The molecule has 0 saturated carbocycles. The molecule has 1 aromatic carbocycles. The number of nitrogens with zero attached hydrogens (tertiary/aromatic N) is 1. The molecule has 9 nitrogen and oxygen atoms in total. The highest BCUT2D eigenvalue weighted by atomic mass is 32.2. The zero-order valence-corrected chi connectivity index (χ0v) is 18.2. The van der Waals surface area contributed by atoms with Crippen LogP contribution in [0.1, 0.15) is 12.8 Å². The first-order valence-electron chi connectivity index (χ1n) is 9.83. The molecule has 1 fully saturated rings. The minimum atomic E-state index is -3.52. The van der Waals surface area contributed by atoms with Crippen molar-refractivity contribution in [3.8, 4) is 11.5 Å². The number of hydrogen-bond donors (Lipinski definition) is 1. The van der Waals surface area contributed by atoms with Gasteiger partial charge in [0.1, 0.15) is 17.4 Å². The second-order valence-corrected chi connectivity index (χ2v) is 10.2. The molecule has 0 atom stereocenters. The number of ether oxygens (including phenoxy) is 3. The number of esters is 1.